The molecule has 0 aliphatic rings. The molecule has 0 aliphatic heterocycles. The minimum absolute atomic E-state index is 0.606. The first-order valence-electron chi connectivity index (χ1n) is 6.69. The summed E-state index contributed by atoms with van der Waals surface area (Å²) in [6.45, 7) is 4.08. The molecule has 0 aromatic heterocycles. The lowest BCUT2D eigenvalue weighted by Gasteiger charge is -2.21. The molecule has 3 N–H and O–H groups in total. The number of hydrogen-bond donors (Lipinski definition) is 2. The van der Waals surface area contributed by atoms with E-state index in [1.54, 1.807) is 7.11 Å². The lowest BCUT2D eigenvalue weighted by atomic mass is 10.3. The van der Waals surface area contributed by atoms with Crippen molar-refractivity contribution in [3.63, 3.8) is 0 Å². The summed E-state index contributed by atoms with van der Waals surface area (Å²) >= 11 is 0. The lowest BCUT2D eigenvalue weighted by Crippen LogP contribution is -2.43. The Kier molecular flexibility index (Phi) is 7.46. The van der Waals surface area contributed by atoms with Gasteiger partial charge < -0.3 is 14.4 Å². The van der Waals surface area contributed by atoms with Gasteiger partial charge in [0.05, 0.1) is 7.11 Å². The molecule has 1 aromatic rings. The first-order valence-corrected chi connectivity index (χ1v) is 6.69. The smallest absolute Gasteiger partial charge is 0.212 e. The van der Waals surface area contributed by atoms with Gasteiger partial charge in [-0.15, -0.1) is 0 Å². The Hall–Kier alpha value is -1.79. The molecular formula is C14H24N4O2. The molecule has 20 heavy (non-hydrogen) atoms. The highest BCUT2D eigenvalue weighted by Crippen LogP contribution is 2.19. The Morgan fingerprint density at radius 1 is 1.45 bits per heavy atom. The number of anilines is 1. The Labute approximate surface area is 120 Å². The van der Waals surface area contributed by atoms with Crippen LogP contribution in [0.25, 0.3) is 0 Å². The number of ether oxygens (including phenoxy) is 2. The molecule has 1 aromatic carbocycles. The minimum atomic E-state index is 0.606. The fraction of sp³-hybridized carbons (Fsp3) is 0.500. The number of hydrazine groups is 1. The van der Waals surface area contributed by atoms with Crippen molar-refractivity contribution in [3.05, 3.63) is 24.3 Å². The van der Waals surface area contributed by atoms with Gasteiger partial charge in [-0.2, -0.15) is 0 Å². The van der Waals surface area contributed by atoms with E-state index in [2.05, 4.69) is 10.4 Å². The van der Waals surface area contributed by atoms with Gasteiger partial charge in [-0.25, -0.2) is 5.84 Å². The van der Waals surface area contributed by atoms with Crippen LogP contribution in [0.2, 0.25) is 0 Å². The Morgan fingerprint density at radius 3 is 2.90 bits per heavy atom. The van der Waals surface area contributed by atoms with E-state index in [1.807, 2.05) is 43.1 Å². The molecule has 0 aliphatic carbocycles. The third-order valence-electron chi connectivity index (χ3n) is 2.80. The molecule has 1 rings (SSSR count). The van der Waals surface area contributed by atoms with Gasteiger partial charge in [-0.1, -0.05) is 6.07 Å². The standard InChI is InChI=1S/C14H24N4O2/c1-4-20-10-6-9-16-14(17-15)18(2)12-7-5-8-13(11-12)19-3/h5,7-8,11H,4,6,9-10,15H2,1-3H3,(H,16,17). The van der Waals surface area contributed by atoms with E-state index in [4.69, 9.17) is 15.3 Å². The molecule has 0 fully saturated rings. The number of benzene rings is 1. The summed E-state index contributed by atoms with van der Waals surface area (Å²) < 4.78 is 10.5. The van der Waals surface area contributed by atoms with E-state index in [-0.39, 0.29) is 0 Å². The zero-order valence-corrected chi connectivity index (χ0v) is 12.4. The third-order valence-corrected chi connectivity index (χ3v) is 2.80. The van der Waals surface area contributed by atoms with Crippen molar-refractivity contribution in [1.82, 2.24) is 5.43 Å². The average molecular weight is 280 g/mol. The molecule has 6 nitrogen and oxygen atoms in total. The second-order valence-corrected chi connectivity index (χ2v) is 4.16. The molecule has 0 radical (unpaired) electrons. The number of hydrogen-bond acceptors (Lipinski definition) is 4. The van der Waals surface area contributed by atoms with E-state index in [1.165, 1.54) is 0 Å². The topological polar surface area (TPSA) is 72.1 Å². The number of rotatable bonds is 7. The van der Waals surface area contributed by atoms with E-state index in [9.17, 15) is 0 Å². The van der Waals surface area contributed by atoms with Crippen molar-refractivity contribution in [1.29, 1.82) is 0 Å². The fourth-order valence-corrected chi connectivity index (χ4v) is 1.69. The summed E-state index contributed by atoms with van der Waals surface area (Å²) in [5.41, 5.74) is 3.57. The van der Waals surface area contributed by atoms with Crippen molar-refractivity contribution in [2.75, 3.05) is 38.8 Å². The maximum Gasteiger partial charge on any atom is 0.212 e. The van der Waals surface area contributed by atoms with E-state index < -0.39 is 0 Å². The largest absolute Gasteiger partial charge is 0.497 e. The van der Waals surface area contributed by atoms with Crippen LogP contribution in [-0.2, 0) is 4.74 Å². The quantitative estimate of drug-likeness (QED) is 0.259. The molecular weight excluding hydrogens is 256 g/mol. The summed E-state index contributed by atoms with van der Waals surface area (Å²) in [5.74, 6) is 6.94. The molecule has 0 heterocycles. The molecule has 0 atom stereocenters. The van der Waals surface area contributed by atoms with E-state index in [0.717, 1.165) is 24.5 Å². The van der Waals surface area contributed by atoms with Gasteiger partial charge in [0.1, 0.15) is 5.75 Å². The molecule has 0 amide bonds. The van der Waals surface area contributed by atoms with Crippen LogP contribution in [0.4, 0.5) is 5.69 Å². The molecule has 0 saturated heterocycles. The highest BCUT2D eigenvalue weighted by atomic mass is 16.5. The normalized spacial score (nSPS) is 11.3. The number of methoxy groups -OCH3 is 1. The average Bonchev–Trinajstić information content (AvgIpc) is 2.50. The minimum Gasteiger partial charge on any atom is -0.497 e. The van der Waals surface area contributed by atoms with Crippen LogP contribution in [-0.4, -0.2) is 39.9 Å². The maximum absolute atomic E-state index is 5.54. The summed E-state index contributed by atoms with van der Waals surface area (Å²) in [5, 5.41) is 0. The summed E-state index contributed by atoms with van der Waals surface area (Å²) in [6, 6.07) is 7.71. The summed E-state index contributed by atoms with van der Waals surface area (Å²) in [4.78, 5) is 6.31. The molecule has 0 unspecified atom stereocenters. The third kappa shape index (κ3) is 5.07. The van der Waals surface area contributed by atoms with Crippen molar-refractivity contribution in [2.24, 2.45) is 10.8 Å². The second kappa shape index (κ2) is 9.17. The van der Waals surface area contributed by atoms with Crippen LogP contribution in [0.1, 0.15) is 13.3 Å². The number of nitrogens with one attached hydrogen (secondary N) is 1. The van der Waals surface area contributed by atoms with Crippen LogP contribution >= 0.6 is 0 Å². The van der Waals surface area contributed by atoms with Crippen molar-refractivity contribution in [3.8, 4) is 5.75 Å². The summed E-state index contributed by atoms with van der Waals surface area (Å²) in [7, 11) is 3.54. The van der Waals surface area contributed by atoms with Gasteiger partial charge >= 0.3 is 0 Å². The van der Waals surface area contributed by atoms with Gasteiger partial charge in [0.2, 0.25) is 5.96 Å². The SMILES string of the molecule is CCOCCCN=C(NN)N(C)c1cccc(OC)c1. The van der Waals surface area contributed by atoms with Crippen molar-refractivity contribution < 1.29 is 9.47 Å². The predicted molar refractivity (Wildman–Crippen MR) is 82.1 cm³/mol. The zero-order chi connectivity index (χ0) is 14.8. The monoisotopic (exact) mass is 280 g/mol. The first kappa shape index (κ1) is 16.3. The summed E-state index contributed by atoms with van der Waals surface area (Å²) in [6.07, 6.45) is 0.866. The lowest BCUT2D eigenvalue weighted by molar-refractivity contribution is 0.146. The van der Waals surface area contributed by atoms with E-state index >= 15 is 0 Å². The molecule has 6 heteroatoms. The van der Waals surface area contributed by atoms with Crippen molar-refractivity contribution in [2.45, 2.75) is 13.3 Å². The molecule has 112 valence electrons. The van der Waals surface area contributed by atoms with Gasteiger partial charge in [0.25, 0.3) is 0 Å². The highest BCUT2D eigenvalue weighted by Gasteiger charge is 2.08. The molecule has 0 saturated carbocycles. The maximum atomic E-state index is 5.54. The predicted octanol–water partition coefficient (Wildman–Crippen LogP) is 1.38. The molecule has 0 spiro atoms. The van der Waals surface area contributed by atoms with Gasteiger partial charge in [-0.05, 0) is 25.5 Å². The van der Waals surface area contributed by atoms with Gasteiger partial charge in [0.15, 0.2) is 0 Å². The van der Waals surface area contributed by atoms with Crippen LogP contribution in [0.5, 0.6) is 5.75 Å². The van der Waals surface area contributed by atoms with E-state index in [0.29, 0.717) is 19.1 Å². The van der Waals surface area contributed by atoms with Crippen LogP contribution < -0.4 is 20.9 Å². The zero-order valence-electron chi connectivity index (χ0n) is 12.4. The Morgan fingerprint density at radius 2 is 2.25 bits per heavy atom. The van der Waals surface area contributed by atoms with Crippen molar-refractivity contribution >= 4 is 11.6 Å². The highest BCUT2D eigenvalue weighted by molar-refractivity contribution is 5.95. The number of guanidine groups is 1. The fourth-order valence-electron chi connectivity index (χ4n) is 1.69. The van der Waals surface area contributed by atoms with Crippen LogP contribution in [0.15, 0.2) is 29.3 Å². The Balaban J connectivity index is 2.65. The Bertz CT molecular complexity index is 423. The number of nitrogens with two attached hydrogens (primary N) is 1. The van der Waals surface area contributed by atoms with Crippen LogP contribution in [0, 0.1) is 0 Å². The number of nitrogens with zero attached hydrogens (tertiary/aromatic N) is 2. The number of aliphatic imine (C=N–C) groups is 1. The second-order valence-electron chi connectivity index (χ2n) is 4.16. The van der Waals surface area contributed by atoms with Crippen LogP contribution in [0.3, 0.4) is 0 Å². The molecule has 0 bridgehead atoms. The first-order chi connectivity index (χ1) is 9.72. The van der Waals surface area contributed by atoms with Gasteiger partial charge in [0, 0.05) is 38.6 Å². The van der Waals surface area contributed by atoms with Gasteiger partial charge in [-0.3, -0.25) is 10.4 Å².